The van der Waals surface area contributed by atoms with E-state index in [-0.39, 0.29) is 5.56 Å². The Morgan fingerprint density at radius 2 is 1.76 bits per heavy atom. The second kappa shape index (κ2) is 3.80. The van der Waals surface area contributed by atoms with Gasteiger partial charge in [0.2, 0.25) is 0 Å². The average molecular weight is 242 g/mol. The van der Waals surface area contributed by atoms with Gasteiger partial charge < -0.3 is 0 Å². The topological polar surface area (TPSA) is 37.8 Å². The van der Waals surface area contributed by atoms with Crippen LogP contribution in [0.15, 0.2) is 35.1 Å². The summed E-state index contributed by atoms with van der Waals surface area (Å²) < 4.78 is 38.5. The highest BCUT2D eigenvalue weighted by Crippen LogP contribution is 2.30. The predicted octanol–water partition coefficient (Wildman–Crippen LogP) is 2.40. The summed E-state index contributed by atoms with van der Waals surface area (Å²) in [6, 6.07) is 6.00. The van der Waals surface area contributed by atoms with Crippen molar-refractivity contribution in [3.8, 4) is 11.3 Å². The second-order valence-corrected chi connectivity index (χ2v) is 3.64. The molecule has 0 amide bonds. The van der Waals surface area contributed by atoms with Crippen molar-refractivity contribution in [2.75, 3.05) is 0 Å². The normalized spacial score (nSPS) is 11.8. The zero-order valence-electron chi connectivity index (χ0n) is 8.88. The lowest BCUT2D eigenvalue weighted by Gasteiger charge is -2.07. The fourth-order valence-electron chi connectivity index (χ4n) is 1.59. The van der Waals surface area contributed by atoms with Gasteiger partial charge in [0.05, 0.1) is 11.3 Å². The zero-order valence-corrected chi connectivity index (χ0v) is 8.88. The summed E-state index contributed by atoms with van der Waals surface area (Å²) in [6.45, 7) is 0. The number of aryl methyl sites for hydroxylation is 1. The zero-order chi connectivity index (χ0) is 12.6. The monoisotopic (exact) mass is 242 g/mol. The number of aromatic amines is 1. The van der Waals surface area contributed by atoms with Crippen LogP contribution < -0.4 is 5.56 Å². The molecule has 0 atom stereocenters. The third kappa shape index (κ3) is 2.25. The number of nitrogens with one attached hydrogen (secondary N) is 1. The van der Waals surface area contributed by atoms with Crippen LogP contribution in [0.2, 0.25) is 0 Å². The van der Waals surface area contributed by atoms with Gasteiger partial charge in [0.1, 0.15) is 0 Å². The molecule has 2 rings (SSSR count). The van der Waals surface area contributed by atoms with Crippen molar-refractivity contribution in [3.05, 3.63) is 46.2 Å². The van der Waals surface area contributed by atoms with E-state index >= 15 is 0 Å². The Labute approximate surface area is 94.5 Å². The molecule has 1 N–H and O–H groups in total. The number of nitrogens with zero attached hydrogens (tertiary/aromatic N) is 1. The molecule has 17 heavy (non-hydrogen) atoms. The van der Waals surface area contributed by atoms with Crippen molar-refractivity contribution in [1.29, 1.82) is 0 Å². The number of halogens is 3. The minimum absolute atomic E-state index is 0.289. The number of aromatic nitrogens is 2. The number of benzene rings is 1. The molecule has 0 radical (unpaired) electrons. The Bertz CT molecular complexity index is 578. The highest BCUT2D eigenvalue weighted by Gasteiger charge is 2.30. The first-order valence-electron chi connectivity index (χ1n) is 4.81. The van der Waals surface area contributed by atoms with E-state index < -0.39 is 11.7 Å². The fourth-order valence-corrected chi connectivity index (χ4v) is 1.59. The van der Waals surface area contributed by atoms with E-state index in [0.717, 1.165) is 12.1 Å². The molecular formula is C11H9F3N2O. The quantitative estimate of drug-likeness (QED) is 0.819. The summed E-state index contributed by atoms with van der Waals surface area (Å²) in [7, 11) is 1.62. The molecule has 2 aromatic rings. The van der Waals surface area contributed by atoms with E-state index in [9.17, 15) is 18.0 Å². The summed E-state index contributed by atoms with van der Waals surface area (Å²) in [5.41, 5.74) is 0.103. The molecule has 0 unspecified atom stereocenters. The largest absolute Gasteiger partial charge is 0.416 e. The number of hydrogen-bond acceptors (Lipinski definition) is 1. The van der Waals surface area contributed by atoms with Gasteiger partial charge in [-0.1, -0.05) is 12.1 Å². The summed E-state index contributed by atoms with van der Waals surface area (Å²) >= 11 is 0. The van der Waals surface area contributed by atoms with Crippen LogP contribution in [-0.2, 0) is 13.2 Å². The number of H-pyrrole nitrogens is 1. The minimum atomic E-state index is -4.34. The molecule has 0 aliphatic rings. The lowest BCUT2D eigenvalue weighted by atomic mass is 10.1. The summed E-state index contributed by atoms with van der Waals surface area (Å²) in [5.74, 6) is 0. The minimum Gasteiger partial charge on any atom is -0.288 e. The summed E-state index contributed by atoms with van der Waals surface area (Å²) in [5, 5.41) is 2.49. The van der Waals surface area contributed by atoms with Gasteiger partial charge in [-0.25, -0.2) is 0 Å². The molecule has 0 fully saturated rings. The molecular weight excluding hydrogens is 233 g/mol. The van der Waals surface area contributed by atoms with Crippen LogP contribution in [-0.4, -0.2) is 9.78 Å². The van der Waals surface area contributed by atoms with E-state index in [1.165, 1.54) is 22.9 Å². The van der Waals surface area contributed by atoms with E-state index in [0.29, 0.717) is 11.3 Å². The van der Waals surface area contributed by atoms with Crippen LogP contribution in [0.25, 0.3) is 11.3 Å². The van der Waals surface area contributed by atoms with Crippen molar-refractivity contribution in [2.45, 2.75) is 6.18 Å². The molecule has 0 saturated carbocycles. The van der Waals surface area contributed by atoms with E-state index in [2.05, 4.69) is 5.10 Å². The fraction of sp³-hybridized carbons (Fsp3) is 0.182. The third-order valence-electron chi connectivity index (χ3n) is 2.42. The van der Waals surface area contributed by atoms with Gasteiger partial charge in [-0.15, -0.1) is 0 Å². The molecule has 0 saturated heterocycles. The molecule has 1 aromatic heterocycles. The SMILES string of the molecule is Cn1[nH]c(=O)cc1-c1ccc(C(F)(F)F)cc1. The highest BCUT2D eigenvalue weighted by molar-refractivity contribution is 5.59. The van der Waals surface area contributed by atoms with E-state index in [4.69, 9.17) is 0 Å². The maximum absolute atomic E-state index is 12.3. The van der Waals surface area contributed by atoms with Gasteiger partial charge in [0, 0.05) is 13.1 Å². The first kappa shape index (κ1) is 11.5. The third-order valence-corrected chi connectivity index (χ3v) is 2.42. The van der Waals surface area contributed by atoms with Crippen molar-refractivity contribution >= 4 is 0 Å². The Morgan fingerprint density at radius 1 is 1.18 bits per heavy atom. The summed E-state index contributed by atoms with van der Waals surface area (Å²) in [4.78, 5) is 11.1. The standard InChI is InChI=1S/C11H9F3N2O/c1-16-9(6-10(17)15-16)7-2-4-8(5-3-7)11(12,13)14/h2-6H,1H3,(H,15,17). The first-order valence-corrected chi connectivity index (χ1v) is 4.81. The van der Waals surface area contributed by atoms with Gasteiger partial charge in [-0.2, -0.15) is 13.2 Å². The number of rotatable bonds is 1. The molecule has 3 nitrogen and oxygen atoms in total. The maximum atomic E-state index is 12.3. The Kier molecular flexibility index (Phi) is 2.57. The Balaban J connectivity index is 2.43. The van der Waals surface area contributed by atoms with Crippen LogP contribution in [0.1, 0.15) is 5.56 Å². The van der Waals surface area contributed by atoms with Crippen LogP contribution in [0, 0.1) is 0 Å². The van der Waals surface area contributed by atoms with Crippen LogP contribution in [0.3, 0.4) is 0 Å². The lowest BCUT2D eigenvalue weighted by Crippen LogP contribution is -2.04. The molecule has 0 aliphatic carbocycles. The lowest BCUT2D eigenvalue weighted by molar-refractivity contribution is -0.137. The Hall–Kier alpha value is -1.98. The number of alkyl halides is 3. The Morgan fingerprint density at radius 3 is 2.18 bits per heavy atom. The average Bonchev–Trinajstić information content (AvgIpc) is 2.57. The van der Waals surface area contributed by atoms with E-state index in [1.807, 2.05) is 0 Å². The van der Waals surface area contributed by atoms with Gasteiger partial charge in [0.15, 0.2) is 0 Å². The van der Waals surface area contributed by atoms with Gasteiger partial charge in [-0.05, 0) is 17.7 Å². The first-order chi connectivity index (χ1) is 7.88. The van der Waals surface area contributed by atoms with Crippen molar-refractivity contribution in [3.63, 3.8) is 0 Å². The second-order valence-electron chi connectivity index (χ2n) is 3.64. The van der Waals surface area contributed by atoms with Crippen LogP contribution in [0.5, 0.6) is 0 Å². The maximum Gasteiger partial charge on any atom is 0.416 e. The number of hydrogen-bond donors (Lipinski definition) is 1. The van der Waals surface area contributed by atoms with Crippen LogP contribution >= 0.6 is 0 Å². The molecule has 90 valence electrons. The molecule has 6 heteroatoms. The predicted molar refractivity (Wildman–Crippen MR) is 56.5 cm³/mol. The van der Waals surface area contributed by atoms with Gasteiger partial charge >= 0.3 is 6.18 Å². The van der Waals surface area contributed by atoms with Crippen LogP contribution in [0.4, 0.5) is 13.2 Å². The van der Waals surface area contributed by atoms with Gasteiger partial charge in [-0.3, -0.25) is 14.6 Å². The van der Waals surface area contributed by atoms with Crippen molar-refractivity contribution in [2.24, 2.45) is 7.05 Å². The van der Waals surface area contributed by atoms with E-state index in [1.54, 1.807) is 7.05 Å². The smallest absolute Gasteiger partial charge is 0.288 e. The molecule has 0 aliphatic heterocycles. The van der Waals surface area contributed by atoms with Gasteiger partial charge in [0.25, 0.3) is 5.56 Å². The van der Waals surface area contributed by atoms with Crippen molar-refractivity contribution < 1.29 is 13.2 Å². The molecule has 0 bridgehead atoms. The van der Waals surface area contributed by atoms with Crippen molar-refractivity contribution in [1.82, 2.24) is 9.78 Å². The molecule has 1 aromatic carbocycles. The molecule has 1 heterocycles. The summed E-state index contributed by atoms with van der Waals surface area (Å²) in [6.07, 6.45) is -4.34. The highest BCUT2D eigenvalue weighted by atomic mass is 19.4. The molecule has 0 spiro atoms.